The van der Waals surface area contributed by atoms with Crippen LogP contribution in [0, 0.1) is 0 Å². The van der Waals surface area contributed by atoms with Crippen LogP contribution >= 0.6 is 38.6 Å². The largest absolute Gasteiger partial charge is 0.361 e. The summed E-state index contributed by atoms with van der Waals surface area (Å²) < 4.78 is 8.90. The zero-order chi connectivity index (χ0) is 45.6. The minimum absolute atomic E-state index is 1.13. The minimum atomic E-state index is 1.13. The molecular weight excluding hydrogens is 941 g/mol. The van der Waals surface area contributed by atoms with Crippen molar-refractivity contribution in [3.8, 4) is 5.69 Å². The molecule has 0 atom stereocenters. The summed E-state index contributed by atoms with van der Waals surface area (Å²) in [4.78, 5) is 3.27. The zero-order valence-corrected chi connectivity index (χ0v) is 40.3. The maximum Gasteiger partial charge on any atom is 0.0535 e. The predicted molar refractivity (Wildman–Crippen MR) is 307 cm³/mol. The number of hydrogen-bond acceptors (Lipinski definition) is 2. The summed E-state index contributed by atoms with van der Waals surface area (Å²) in [6, 6.07) is 79.0. The Kier molecular flexibility index (Phi) is 9.44. The third-order valence-electron chi connectivity index (χ3n) is 14.0. The molecule has 0 spiro atoms. The minimum Gasteiger partial charge on any atom is -0.361 e. The van der Waals surface area contributed by atoms with Gasteiger partial charge < -0.3 is 9.55 Å². The molecule has 324 valence electrons. The normalized spacial score (nSPS) is 11.8. The van der Waals surface area contributed by atoms with Crippen LogP contribution in [0.1, 0.15) is 0 Å². The molecule has 16 rings (SSSR count). The zero-order valence-electron chi connectivity index (χ0n) is 37.1. The van der Waals surface area contributed by atoms with Gasteiger partial charge in [0.15, 0.2) is 0 Å². The van der Waals surface area contributed by atoms with Gasteiger partial charge in [-0.05, 0) is 137 Å². The van der Waals surface area contributed by atoms with Crippen molar-refractivity contribution in [1.82, 2.24) is 9.55 Å². The number of thiophene rings is 2. The molecule has 0 radical (unpaired) electrons. The van der Waals surface area contributed by atoms with Crippen LogP contribution in [0.3, 0.4) is 0 Å². The smallest absolute Gasteiger partial charge is 0.0535 e. The van der Waals surface area contributed by atoms with Gasteiger partial charge in [-0.1, -0.05) is 162 Å². The molecule has 0 unspecified atom stereocenters. The molecule has 0 saturated heterocycles. The van der Waals surface area contributed by atoms with Crippen molar-refractivity contribution in [3.05, 3.63) is 235 Å². The molecule has 16 aromatic rings. The average molecular weight is 980 g/mol. The van der Waals surface area contributed by atoms with Crippen LogP contribution in [0.2, 0.25) is 0 Å². The Labute approximate surface area is 413 Å². The lowest BCUT2D eigenvalue weighted by Gasteiger charge is -2.13. The van der Waals surface area contributed by atoms with Crippen LogP contribution in [0.4, 0.5) is 0 Å². The van der Waals surface area contributed by atoms with Gasteiger partial charge in [0.2, 0.25) is 0 Å². The Morgan fingerprint density at radius 1 is 0.319 bits per heavy atom. The van der Waals surface area contributed by atoms with Crippen LogP contribution in [0.15, 0.2) is 235 Å². The summed E-state index contributed by atoms with van der Waals surface area (Å²) in [5.41, 5.74) is 3.67. The number of aromatic amines is 1. The van der Waals surface area contributed by atoms with E-state index in [1.54, 1.807) is 0 Å². The monoisotopic (exact) mass is 978 g/mol. The highest BCUT2D eigenvalue weighted by Crippen LogP contribution is 2.42. The standard InChI is InChI=1S/C32H19NS.C18H11Br.C14H9NS/c1-2-9-23-21(7-1)22-8-3-4-10-24(22)28-19-20(13-14-25(23)28)33-18-17-26-29(33)15-16-31-32(26)27-11-5-6-12-30(27)34-31;19-12-9-10-17-15-7-2-1-5-13(15)14-6-3-4-8-16(14)18(17)11-12;1-2-4-12-10(3-1)14-9-7-8-15-11(9)5-6-13(14)16-12/h1-19H;1-11H;1-8,15H. The van der Waals surface area contributed by atoms with Crippen LogP contribution < -0.4 is 0 Å². The van der Waals surface area contributed by atoms with Crippen LogP contribution in [0.25, 0.3) is 132 Å². The number of hydrogen-bond donors (Lipinski definition) is 1. The number of rotatable bonds is 1. The maximum atomic E-state index is 3.58. The third kappa shape index (κ3) is 6.49. The summed E-state index contributed by atoms with van der Waals surface area (Å²) in [5.74, 6) is 0. The van der Waals surface area contributed by atoms with Crippen molar-refractivity contribution >= 4 is 165 Å². The maximum absolute atomic E-state index is 3.58. The molecule has 0 fully saturated rings. The van der Waals surface area contributed by atoms with Gasteiger partial charge in [-0.25, -0.2) is 0 Å². The van der Waals surface area contributed by atoms with E-state index in [-0.39, 0.29) is 0 Å². The third-order valence-corrected chi connectivity index (χ3v) is 16.8. The predicted octanol–water partition coefficient (Wildman–Crippen LogP) is 19.9. The molecular formula is C64H39BrN2S2. The molecule has 12 aromatic carbocycles. The van der Waals surface area contributed by atoms with E-state index in [4.69, 9.17) is 0 Å². The lowest BCUT2D eigenvalue weighted by Crippen LogP contribution is -1.92. The molecule has 0 aliphatic rings. The SMILES string of the molecule is Brc1ccc2c3ccccc3c3ccccc3c2c1.c1ccc2c(c1)sc1ccc3[nH]ccc3c12.c1ccc2c(c1)sc1ccc3c(ccn3-c3ccc4c5ccccc5c5ccccc5c4c3)c12. The molecule has 0 saturated carbocycles. The fraction of sp³-hybridized carbons (Fsp3) is 0. The molecule has 2 nitrogen and oxygen atoms in total. The van der Waals surface area contributed by atoms with Crippen molar-refractivity contribution < 1.29 is 0 Å². The topological polar surface area (TPSA) is 20.7 Å². The highest BCUT2D eigenvalue weighted by Gasteiger charge is 2.15. The van der Waals surface area contributed by atoms with Gasteiger partial charge in [0.1, 0.15) is 0 Å². The van der Waals surface area contributed by atoms with Crippen molar-refractivity contribution in [3.63, 3.8) is 0 Å². The first-order valence-electron chi connectivity index (χ1n) is 23.3. The number of nitrogens with one attached hydrogen (secondary N) is 1. The van der Waals surface area contributed by atoms with E-state index in [0.717, 1.165) is 4.47 Å². The second kappa shape index (κ2) is 16.2. The number of nitrogens with zero attached hydrogens (tertiary/aromatic N) is 1. The van der Waals surface area contributed by atoms with E-state index in [1.165, 1.54) is 132 Å². The fourth-order valence-corrected chi connectivity index (χ4v) is 13.6. The number of fused-ring (bicyclic) bond motifs is 22. The van der Waals surface area contributed by atoms with Gasteiger partial charge in [-0.15, -0.1) is 22.7 Å². The fourth-order valence-electron chi connectivity index (χ4n) is 10.9. The van der Waals surface area contributed by atoms with Gasteiger partial charge in [-0.2, -0.15) is 0 Å². The van der Waals surface area contributed by atoms with Gasteiger partial charge >= 0.3 is 0 Å². The van der Waals surface area contributed by atoms with Crippen molar-refractivity contribution in [2.24, 2.45) is 0 Å². The molecule has 4 aromatic heterocycles. The van der Waals surface area contributed by atoms with E-state index in [9.17, 15) is 0 Å². The first-order chi connectivity index (χ1) is 34.1. The Hall–Kier alpha value is -7.80. The summed E-state index contributed by atoms with van der Waals surface area (Å²) >= 11 is 7.32. The lowest BCUT2D eigenvalue weighted by atomic mass is 9.94. The highest BCUT2D eigenvalue weighted by atomic mass is 79.9. The van der Waals surface area contributed by atoms with Gasteiger partial charge in [-0.3, -0.25) is 0 Å². The molecule has 1 N–H and O–H groups in total. The summed E-state index contributed by atoms with van der Waals surface area (Å²) in [6.07, 6.45) is 4.23. The Balaban J connectivity index is 0.000000108. The van der Waals surface area contributed by atoms with Gasteiger partial charge in [0.05, 0.1) is 5.52 Å². The number of aromatic nitrogens is 2. The van der Waals surface area contributed by atoms with E-state index in [2.05, 4.69) is 250 Å². The molecule has 0 aliphatic heterocycles. The Morgan fingerprint density at radius 3 is 1.30 bits per heavy atom. The van der Waals surface area contributed by atoms with Crippen LogP contribution in [0.5, 0.6) is 0 Å². The van der Waals surface area contributed by atoms with Crippen molar-refractivity contribution in [2.75, 3.05) is 0 Å². The Morgan fingerprint density at radius 2 is 0.754 bits per heavy atom. The second-order valence-electron chi connectivity index (χ2n) is 17.7. The molecule has 5 heteroatoms. The van der Waals surface area contributed by atoms with E-state index in [1.807, 2.05) is 28.9 Å². The first kappa shape index (κ1) is 40.3. The number of benzene rings is 12. The molecule has 0 bridgehead atoms. The highest BCUT2D eigenvalue weighted by molar-refractivity contribution is 9.10. The summed E-state index contributed by atoms with van der Waals surface area (Å²) in [6.45, 7) is 0. The molecule has 0 amide bonds. The summed E-state index contributed by atoms with van der Waals surface area (Å²) in [5, 5.41) is 23.9. The average Bonchev–Trinajstić information content (AvgIpc) is 4.23. The van der Waals surface area contributed by atoms with E-state index < -0.39 is 0 Å². The second-order valence-corrected chi connectivity index (χ2v) is 20.8. The van der Waals surface area contributed by atoms with E-state index >= 15 is 0 Å². The summed E-state index contributed by atoms with van der Waals surface area (Å²) in [7, 11) is 0. The number of H-pyrrole nitrogens is 1. The molecule has 0 aliphatic carbocycles. The van der Waals surface area contributed by atoms with E-state index in [0.29, 0.717) is 0 Å². The van der Waals surface area contributed by atoms with Crippen LogP contribution in [-0.2, 0) is 0 Å². The molecule has 69 heavy (non-hydrogen) atoms. The van der Waals surface area contributed by atoms with Crippen molar-refractivity contribution in [1.29, 1.82) is 0 Å². The van der Waals surface area contributed by atoms with Gasteiger partial charge in [0.25, 0.3) is 0 Å². The van der Waals surface area contributed by atoms with Gasteiger partial charge in [0, 0.05) is 79.2 Å². The quantitative estimate of drug-likeness (QED) is 0.158. The van der Waals surface area contributed by atoms with Crippen molar-refractivity contribution in [2.45, 2.75) is 0 Å². The first-order valence-corrected chi connectivity index (χ1v) is 25.7. The number of halogens is 1. The Bertz CT molecular complexity index is 4630. The van der Waals surface area contributed by atoms with Crippen LogP contribution in [-0.4, -0.2) is 9.55 Å². The molecule has 4 heterocycles. The lowest BCUT2D eigenvalue weighted by molar-refractivity contribution is 1.13.